The Labute approximate surface area is 110 Å². The van der Waals surface area contributed by atoms with Crippen LogP contribution in [-0.2, 0) is 0 Å². The molecule has 0 aliphatic carbocycles. The number of aromatic amines is 1. The fraction of sp³-hybridized carbons (Fsp3) is 0.0667. The standard InChI is InChI=1S/C15H13NOS/c1-17-11-6-8-12(9-7-11)18-15-10-16-14-5-3-2-4-13(14)15/h2-10,16H,1H3. The maximum Gasteiger partial charge on any atom is 0.118 e. The summed E-state index contributed by atoms with van der Waals surface area (Å²) in [5.74, 6) is 0.887. The molecular weight excluding hydrogens is 242 g/mol. The number of para-hydroxylation sites is 1. The molecule has 0 aliphatic heterocycles. The molecule has 0 fully saturated rings. The summed E-state index contributed by atoms with van der Waals surface area (Å²) in [5, 5.41) is 1.26. The number of hydrogen-bond acceptors (Lipinski definition) is 2. The van der Waals surface area contributed by atoms with E-state index >= 15 is 0 Å². The van der Waals surface area contributed by atoms with E-state index in [-0.39, 0.29) is 0 Å². The van der Waals surface area contributed by atoms with Crippen LogP contribution in [0.15, 0.2) is 64.5 Å². The summed E-state index contributed by atoms with van der Waals surface area (Å²) < 4.78 is 5.16. The molecule has 0 aliphatic rings. The second-order valence-electron chi connectivity index (χ2n) is 3.98. The first-order valence-electron chi connectivity index (χ1n) is 5.75. The Hall–Kier alpha value is -1.87. The van der Waals surface area contributed by atoms with Crippen LogP contribution in [0.5, 0.6) is 5.75 Å². The van der Waals surface area contributed by atoms with E-state index in [1.807, 2.05) is 18.2 Å². The first kappa shape index (κ1) is 11.2. The largest absolute Gasteiger partial charge is 0.497 e. The highest BCUT2D eigenvalue weighted by Crippen LogP contribution is 2.34. The minimum absolute atomic E-state index is 0.887. The van der Waals surface area contributed by atoms with Crippen LogP contribution < -0.4 is 4.74 Å². The Morgan fingerprint density at radius 2 is 1.78 bits per heavy atom. The molecule has 0 bridgehead atoms. The summed E-state index contributed by atoms with van der Waals surface area (Å²) in [4.78, 5) is 5.74. The molecule has 2 nitrogen and oxygen atoms in total. The molecule has 1 heterocycles. The Kier molecular flexibility index (Phi) is 2.99. The lowest BCUT2D eigenvalue weighted by molar-refractivity contribution is 0.414. The lowest BCUT2D eigenvalue weighted by Gasteiger charge is -2.02. The Bertz CT molecular complexity index is 658. The van der Waals surface area contributed by atoms with E-state index in [1.165, 1.54) is 20.7 Å². The van der Waals surface area contributed by atoms with E-state index in [4.69, 9.17) is 4.74 Å². The third-order valence-electron chi connectivity index (χ3n) is 2.84. The van der Waals surface area contributed by atoms with Crippen molar-refractivity contribution >= 4 is 22.7 Å². The first-order chi connectivity index (χ1) is 8.86. The number of nitrogens with one attached hydrogen (secondary N) is 1. The Morgan fingerprint density at radius 3 is 2.56 bits per heavy atom. The van der Waals surface area contributed by atoms with Crippen molar-refractivity contribution in [3.63, 3.8) is 0 Å². The highest BCUT2D eigenvalue weighted by Gasteiger charge is 2.04. The van der Waals surface area contributed by atoms with Gasteiger partial charge in [0.25, 0.3) is 0 Å². The average Bonchev–Trinajstić information content (AvgIpc) is 2.83. The van der Waals surface area contributed by atoms with Crippen molar-refractivity contribution < 1.29 is 4.74 Å². The van der Waals surface area contributed by atoms with Gasteiger partial charge in [-0.1, -0.05) is 30.0 Å². The van der Waals surface area contributed by atoms with Crippen LogP contribution in [0, 0.1) is 0 Å². The first-order valence-corrected chi connectivity index (χ1v) is 6.56. The third-order valence-corrected chi connectivity index (χ3v) is 3.90. The highest BCUT2D eigenvalue weighted by molar-refractivity contribution is 7.99. The predicted molar refractivity (Wildman–Crippen MR) is 75.4 cm³/mol. The predicted octanol–water partition coefficient (Wildman–Crippen LogP) is 4.33. The molecule has 0 radical (unpaired) electrons. The molecule has 3 rings (SSSR count). The molecule has 2 aromatic carbocycles. The van der Waals surface area contributed by atoms with Gasteiger partial charge in [-0.25, -0.2) is 0 Å². The fourth-order valence-electron chi connectivity index (χ4n) is 1.90. The highest BCUT2D eigenvalue weighted by atomic mass is 32.2. The minimum atomic E-state index is 0.887. The quantitative estimate of drug-likeness (QED) is 0.753. The smallest absolute Gasteiger partial charge is 0.118 e. The van der Waals surface area contributed by atoms with Gasteiger partial charge in [-0.05, 0) is 30.3 Å². The average molecular weight is 255 g/mol. The number of H-pyrrole nitrogens is 1. The molecule has 1 aromatic heterocycles. The monoisotopic (exact) mass is 255 g/mol. The summed E-state index contributed by atoms with van der Waals surface area (Å²) in [6, 6.07) is 16.4. The number of methoxy groups -OCH3 is 1. The zero-order chi connectivity index (χ0) is 12.4. The molecule has 0 amide bonds. The van der Waals surface area contributed by atoms with Gasteiger partial charge in [0.05, 0.1) is 7.11 Å². The molecule has 0 saturated heterocycles. The van der Waals surface area contributed by atoms with Crippen molar-refractivity contribution in [1.82, 2.24) is 4.98 Å². The summed E-state index contributed by atoms with van der Waals surface area (Å²) in [6.07, 6.45) is 2.06. The van der Waals surface area contributed by atoms with Crippen molar-refractivity contribution in [3.8, 4) is 5.75 Å². The van der Waals surface area contributed by atoms with E-state index in [2.05, 4.69) is 41.5 Å². The van der Waals surface area contributed by atoms with Crippen LogP contribution in [0.1, 0.15) is 0 Å². The molecule has 1 N–H and O–H groups in total. The molecule has 3 heteroatoms. The van der Waals surface area contributed by atoms with Gasteiger partial charge in [0.15, 0.2) is 0 Å². The van der Waals surface area contributed by atoms with E-state index < -0.39 is 0 Å². The van der Waals surface area contributed by atoms with Crippen molar-refractivity contribution in [1.29, 1.82) is 0 Å². The lowest BCUT2D eigenvalue weighted by atomic mass is 10.2. The van der Waals surface area contributed by atoms with Gasteiger partial charge in [0.1, 0.15) is 5.75 Å². The van der Waals surface area contributed by atoms with Gasteiger partial charge < -0.3 is 9.72 Å². The zero-order valence-corrected chi connectivity index (χ0v) is 10.8. The molecule has 18 heavy (non-hydrogen) atoms. The molecule has 90 valence electrons. The second kappa shape index (κ2) is 4.78. The normalized spacial score (nSPS) is 10.7. The van der Waals surface area contributed by atoms with Crippen molar-refractivity contribution in [2.24, 2.45) is 0 Å². The van der Waals surface area contributed by atoms with Crippen LogP contribution in [0.2, 0.25) is 0 Å². The molecule has 0 unspecified atom stereocenters. The van der Waals surface area contributed by atoms with Crippen LogP contribution in [0.25, 0.3) is 10.9 Å². The number of rotatable bonds is 3. The van der Waals surface area contributed by atoms with Crippen LogP contribution in [0.3, 0.4) is 0 Å². The van der Waals surface area contributed by atoms with Gasteiger partial charge in [-0.3, -0.25) is 0 Å². The van der Waals surface area contributed by atoms with Crippen LogP contribution in [0.4, 0.5) is 0 Å². The van der Waals surface area contributed by atoms with Gasteiger partial charge in [-0.15, -0.1) is 0 Å². The second-order valence-corrected chi connectivity index (χ2v) is 5.09. The fourth-order valence-corrected chi connectivity index (χ4v) is 2.83. The maximum absolute atomic E-state index is 5.16. The van der Waals surface area contributed by atoms with Gasteiger partial charge in [0.2, 0.25) is 0 Å². The van der Waals surface area contributed by atoms with Crippen LogP contribution in [-0.4, -0.2) is 12.1 Å². The topological polar surface area (TPSA) is 25.0 Å². The number of fused-ring (bicyclic) bond motifs is 1. The van der Waals surface area contributed by atoms with Crippen molar-refractivity contribution in [2.45, 2.75) is 9.79 Å². The number of ether oxygens (including phenoxy) is 1. The number of aromatic nitrogens is 1. The van der Waals surface area contributed by atoms with E-state index in [0.717, 1.165) is 5.75 Å². The summed E-state index contributed by atoms with van der Waals surface area (Å²) in [7, 11) is 1.68. The molecule has 3 aromatic rings. The molecule has 0 saturated carbocycles. The zero-order valence-electron chi connectivity index (χ0n) is 10.0. The Morgan fingerprint density at radius 1 is 1.00 bits per heavy atom. The minimum Gasteiger partial charge on any atom is -0.497 e. The SMILES string of the molecule is COc1ccc(Sc2c[nH]c3ccccc23)cc1. The van der Waals surface area contributed by atoms with E-state index in [9.17, 15) is 0 Å². The van der Waals surface area contributed by atoms with Gasteiger partial charge in [-0.2, -0.15) is 0 Å². The maximum atomic E-state index is 5.16. The summed E-state index contributed by atoms with van der Waals surface area (Å²) in [6.45, 7) is 0. The Balaban J connectivity index is 1.91. The van der Waals surface area contributed by atoms with E-state index in [0.29, 0.717) is 0 Å². The van der Waals surface area contributed by atoms with Gasteiger partial charge >= 0.3 is 0 Å². The van der Waals surface area contributed by atoms with Crippen molar-refractivity contribution in [2.75, 3.05) is 7.11 Å². The molecule has 0 spiro atoms. The third kappa shape index (κ3) is 2.09. The van der Waals surface area contributed by atoms with Crippen LogP contribution >= 0.6 is 11.8 Å². The molecular formula is C15H13NOS. The summed E-state index contributed by atoms with van der Waals surface area (Å²) in [5.41, 5.74) is 1.17. The van der Waals surface area contributed by atoms with E-state index in [1.54, 1.807) is 18.9 Å². The van der Waals surface area contributed by atoms with Crippen molar-refractivity contribution in [3.05, 3.63) is 54.7 Å². The van der Waals surface area contributed by atoms with Gasteiger partial charge in [0, 0.05) is 26.9 Å². The lowest BCUT2D eigenvalue weighted by Crippen LogP contribution is -1.81. The summed E-state index contributed by atoms with van der Waals surface area (Å²) >= 11 is 1.76. The number of hydrogen-bond donors (Lipinski definition) is 1. The molecule has 0 atom stereocenters. The number of benzene rings is 2.